The third-order valence-electron chi connectivity index (χ3n) is 3.93. The van der Waals surface area contributed by atoms with Gasteiger partial charge in [-0.3, -0.25) is 4.79 Å². The summed E-state index contributed by atoms with van der Waals surface area (Å²) in [6.45, 7) is 12.7. The lowest BCUT2D eigenvalue weighted by Gasteiger charge is -2.19. The van der Waals surface area contributed by atoms with Crippen molar-refractivity contribution in [3.8, 4) is 0 Å². The Hall–Kier alpha value is -0.900. The van der Waals surface area contributed by atoms with Crippen LogP contribution in [0.25, 0.3) is 0 Å². The molecule has 1 N–H and O–H groups in total. The van der Waals surface area contributed by atoms with Crippen molar-refractivity contribution in [3.63, 3.8) is 0 Å². The monoisotopic (exact) mass is 603 g/mol. The van der Waals surface area contributed by atoms with E-state index in [9.17, 15) is 9.59 Å². The number of nitrogens with one attached hydrogen (secondary N) is 1. The Morgan fingerprint density at radius 3 is 1.22 bits per heavy atom. The summed E-state index contributed by atoms with van der Waals surface area (Å²) in [6.07, 6.45) is 0. The van der Waals surface area contributed by atoms with Gasteiger partial charge in [0.2, 0.25) is 5.91 Å². The van der Waals surface area contributed by atoms with Crippen molar-refractivity contribution in [1.29, 1.82) is 0 Å². The van der Waals surface area contributed by atoms with Gasteiger partial charge >= 0.3 is 5.97 Å². The van der Waals surface area contributed by atoms with Gasteiger partial charge < -0.3 is 47.9 Å². The highest BCUT2D eigenvalue weighted by molar-refractivity contribution is 9.09. The second-order valence-corrected chi connectivity index (χ2v) is 8.97. The van der Waals surface area contributed by atoms with Crippen LogP contribution in [0, 0.1) is 0 Å². The molecule has 1 amide bonds. The Balaban J connectivity index is 3.12. The van der Waals surface area contributed by atoms with E-state index in [1.54, 1.807) is 0 Å². The summed E-state index contributed by atoms with van der Waals surface area (Å²) in [5, 5.41) is 2.98. The fourth-order valence-corrected chi connectivity index (χ4v) is 2.57. The molecule has 0 atom stereocenters. The molecule has 0 aromatic heterocycles. The van der Waals surface area contributed by atoms with Gasteiger partial charge in [-0.25, -0.2) is 4.79 Å². The van der Waals surface area contributed by atoms with E-state index >= 15 is 0 Å². The molecule has 0 bridgehead atoms. The quantitative estimate of drug-likeness (QED) is 0.0819. The van der Waals surface area contributed by atoms with Crippen LogP contribution in [-0.4, -0.2) is 135 Å². The van der Waals surface area contributed by atoms with E-state index in [0.29, 0.717) is 111 Å². The smallest absolute Gasteiger partial charge is 0.332 e. The number of alkyl halides is 1. The first-order valence-electron chi connectivity index (χ1n) is 12.5. The minimum Gasteiger partial charge on any atom is -0.458 e. The van der Waals surface area contributed by atoms with E-state index in [4.69, 9.17) is 42.6 Å². The maximum Gasteiger partial charge on any atom is 0.332 e. The summed E-state index contributed by atoms with van der Waals surface area (Å²) in [7, 11) is 0. The third kappa shape index (κ3) is 31.2. The van der Waals surface area contributed by atoms with Crippen LogP contribution >= 0.6 is 15.9 Å². The van der Waals surface area contributed by atoms with Crippen LogP contribution in [0.3, 0.4) is 0 Å². The highest BCUT2D eigenvalue weighted by atomic mass is 79.9. The summed E-state index contributed by atoms with van der Waals surface area (Å²) < 4.78 is 48.1. The van der Waals surface area contributed by atoms with Gasteiger partial charge in [0.05, 0.1) is 104 Å². The minimum atomic E-state index is -0.509. The number of rotatable bonds is 27. The van der Waals surface area contributed by atoms with Crippen LogP contribution in [0.4, 0.5) is 0 Å². The van der Waals surface area contributed by atoms with Crippen molar-refractivity contribution in [2.45, 2.75) is 26.4 Å². The summed E-state index contributed by atoms with van der Waals surface area (Å²) in [6, 6.07) is 0. The van der Waals surface area contributed by atoms with E-state index in [1.165, 1.54) is 0 Å². The average molecular weight is 605 g/mol. The van der Waals surface area contributed by atoms with Crippen molar-refractivity contribution in [2.24, 2.45) is 0 Å². The summed E-state index contributed by atoms with van der Waals surface area (Å²) in [4.78, 5) is 22.4. The number of carbonyl (C=O) groups is 2. The van der Waals surface area contributed by atoms with Gasteiger partial charge in [0.25, 0.3) is 0 Å². The van der Waals surface area contributed by atoms with Gasteiger partial charge in [-0.05, 0) is 20.8 Å². The Morgan fingerprint density at radius 1 is 0.568 bits per heavy atom. The molecule has 0 aliphatic carbocycles. The van der Waals surface area contributed by atoms with Crippen molar-refractivity contribution in [3.05, 3.63) is 0 Å². The Labute approximate surface area is 229 Å². The molecule has 220 valence electrons. The maximum absolute atomic E-state index is 11.5. The highest BCUT2D eigenvalue weighted by Crippen LogP contribution is 2.06. The van der Waals surface area contributed by atoms with Gasteiger partial charge in [-0.15, -0.1) is 0 Å². The Morgan fingerprint density at radius 2 is 0.892 bits per heavy atom. The molecule has 0 heterocycles. The molecule has 0 aromatic rings. The van der Waals surface area contributed by atoms with Gasteiger partial charge in [0.15, 0.2) is 0 Å². The summed E-state index contributed by atoms with van der Waals surface area (Å²) in [5.41, 5.74) is -0.509. The SMILES string of the molecule is CC(C)(C)OC(=O)COCCOCCOCCOCCOCCOCCOCCOCCNC(=O)CBr. The molecule has 0 rings (SSSR count). The normalized spacial score (nSPS) is 11.6. The molecular formula is C24H46BrNO11. The number of carbonyl (C=O) groups excluding carboxylic acids is 2. The number of halogens is 1. The fourth-order valence-electron chi connectivity index (χ4n) is 2.38. The van der Waals surface area contributed by atoms with E-state index in [1.807, 2.05) is 20.8 Å². The average Bonchev–Trinajstić information content (AvgIpc) is 2.84. The molecule has 0 saturated heterocycles. The molecule has 0 aromatic carbocycles. The maximum atomic E-state index is 11.5. The second-order valence-electron chi connectivity index (χ2n) is 8.41. The number of hydrogen-bond donors (Lipinski definition) is 1. The molecule has 13 heteroatoms. The van der Waals surface area contributed by atoms with Crippen molar-refractivity contribution in [1.82, 2.24) is 5.32 Å². The summed E-state index contributed by atoms with van der Waals surface area (Å²) >= 11 is 3.07. The predicted molar refractivity (Wildman–Crippen MR) is 139 cm³/mol. The molecule has 0 unspecified atom stereocenters. The van der Waals surface area contributed by atoms with Crippen LogP contribution in [0.1, 0.15) is 20.8 Å². The number of hydrogen-bond acceptors (Lipinski definition) is 11. The molecule has 0 fully saturated rings. The van der Waals surface area contributed by atoms with Crippen molar-refractivity contribution < 1.29 is 52.2 Å². The van der Waals surface area contributed by atoms with Crippen LogP contribution in [0.15, 0.2) is 0 Å². The first kappa shape index (κ1) is 36.1. The van der Waals surface area contributed by atoms with Gasteiger partial charge in [0.1, 0.15) is 12.2 Å². The predicted octanol–water partition coefficient (Wildman–Crippen LogP) is 0.972. The third-order valence-corrected chi connectivity index (χ3v) is 4.44. The molecule has 0 saturated carbocycles. The standard InChI is InChI=1S/C24H46BrNO11/c1-24(2,3)37-23(28)21-36-19-18-35-17-16-34-15-14-33-13-12-32-11-10-31-9-8-30-7-6-29-5-4-26-22(27)20-25/h4-21H2,1-3H3,(H,26,27). The molecule has 0 spiro atoms. The Bertz CT molecular complexity index is 535. The van der Waals surface area contributed by atoms with E-state index in [0.717, 1.165) is 0 Å². The lowest BCUT2D eigenvalue weighted by molar-refractivity contribution is -0.160. The molecule has 0 aliphatic heterocycles. The van der Waals surface area contributed by atoms with E-state index in [-0.39, 0.29) is 18.5 Å². The van der Waals surface area contributed by atoms with Crippen LogP contribution < -0.4 is 5.32 Å². The van der Waals surface area contributed by atoms with Crippen LogP contribution in [0.2, 0.25) is 0 Å². The second kappa shape index (κ2) is 26.7. The van der Waals surface area contributed by atoms with Crippen LogP contribution in [-0.2, 0) is 52.2 Å². The zero-order valence-corrected chi connectivity index (χ0v) is 24.2. The van der Waals surface area contributed by atoms with Crippen molar-refractivity contribution >= 4 is 27.8 Å². The number of amides is 1. The molecule has 0 aliphatic rings. The molecule has 37 heavy (non-hydrogen) atoms. The van der Waals surface area contributed by atoms with Gasteiger partial charge in [0, 0.05) is 6.54 Å². The lowest BCUT2D eigenvalue weighted by Crippen LogP contribution is -2.28. The lowest BCUT2D eigenvalue weighted by atomic mass is 10.2. The molecular weight excluding hydrogens is 558 g/mol. The zero-order chi connectivity index (χ0) is 27.5. The first-order valence-corrected chi connectivity index (χ1v) is 13.6. The topological polar surface area (TPSA) is 129 Å². The first-order chi connectivity index (χ1) is 17.8. The minimum absolute atomic E-state index is 0.0597. The van der Waals surface area contributed by atoms with Crippen LogP contribution in [0.5, 0.6) is 0 Å². The van der Waals surface area contributed by atoms with Crippen molar-refractivity contribution in [2.75, 3.05) is 118 Å². The largest absolute Gasteiger partial charge is 0.458 e. The fraction of sp³-hybridized carbons (Fsp3) is 0.917. The van der Waals surface area contributed by atoms with Gasteiger partial charge in [-0.1, -0.05) is 15.9 Å². The highest BCUT2D eigenvalue weighted by Gasteiger charge is 2.15. The summed E-state index contributed by atoms with van der Waals surface area (Å²) in [5.74, 6) is -0.448. The molecule has 0 radical (unpaired) electrons. The Kier molecular flexibility index (Phi) is 26.0. The zero-order valence-electron chi connectivity index (χ0n) is 22.6. The number of ether oxygens (including phenoxy) is 9. The molecule has 12 nitrogen and oxygen atoms in total. The van der Waals surface area contributed by atoms with Gasteiger partial charge in [-0.2, -0.15) is 0 Å². The van der Waals surface area contributed by atoms with E-state index in [2.05, 4.69) is 21.2 Å². The van der Waals surface area contributed by atoms with E-state index < -0.39 is 5.60 Å². The number of esters is 1.